The van der Waals surface area contributed by atoms with Gasteiger partial charge in [-0.25, -0.2) is 18.1 Å². The van der Waals surface area contributed by atoms with Crippen molar-refractivity contribution in [1.29, 1.82) is 0 Å². The predicted molar refractivity (Wildman–Crippen MR) is 262 cm³/mol. The summed E-state index contributed by atoms with van der Waals surface area (Å²) >= 11 is 0. The molecule has 7 rings (SSSR count). The average molecular weight is 984 g/mol. The number of aromatic nitrogens is 2. The Bertz CT molecular complexity index is 2640. The van der Waals surface area contributed by atoms with Crippen molar-refractivity contribution >= 4 is 74.1 Å². The number of amides is 5. The van der Waals surface area contributed by atoms with Crippen LogP contribution in [0.4, 0.5) is 34.5 Å². The number of aryl methyl sites for hydroxylation is 1. The molecule has 21 nitrogen and oxygen atoms in total. The van der Waals surface area contributed by atoms with Gasteiger partial charge in [0.1, 0.15) is 11.9 Å². The summed E-state index contributed by atoms with van der Waals surface area (Å²) in [4.78, 5) is 77.4. The van der Waals surface area contributed by atoms with Gasteiger partial charge in [0.15, 0.2) is 0 Å². The number of carbonyl (C=O) groups is 5. The summed E-state index contributed by atoms with van der Waals surface area (Å²) in [6, 6.07) is 18.4. The van der Waals surface area contributed by atoms with Gasteiger partial charge in [-0.1, -0.05) is 12.1 Å². The summed E-state index contributed by atoms with van der Waals surface area (Å²) < 4.78 is 45.3. The van der Waals surface area contributed by atoms with Gasteiger partial charge in [-0.05, 0) is 88.7 Å². The van der Waals surface area contributed by atoms with E-state index in [1.54, 1.807) is 69.4 Å². The van der Waals surface area contributed by atoms with Crippen molar-refractivity contribution in [3.8, 4) is 0 Å². The van der Waals surface area contributed by atoms with Crippen LogP contribution in [-0.2, 0) is 38.6 Å². The monoisotopic (exact) mass is 983 g/mol. The molecular formula is C48H61N11O10S. The van der Waals surface area contributed by atoms with E-state index in [0.29, 0.717) is 82.4 Å². The molecule has 3 aromatic carbocycles. The summed E-state index contributed by atoms with van der Waals surface area (Å²) in [5, 5.41) is 14.7. The predicted octanol–water partition coefficient (Wildman–Crippen LogP) is 3.15. The minimum absolute atomic E-state index is 0.0522. The molecule has 1 aromatic heterocycles. The number of anilines is 6. The van der Waals surface area contributed by atoms with E-state index in [-0.39, 0.29) is 34.8 Å². The van der Waals surface area contributed by atoms with Crippen LogP contribution < -0.4 is 36.2 Å². The van der Waals surface area contributed by atoms with Crippen molar-refractivity contribution < 1.29 is 46.6 Å². The summed E-state index contributed by atoms with van der Waals surface area (Å²) in [5.74, 6) is -1.36. The van der Waals surface area contributed by atoms with E-state index in [4.69, 9.17) is 14.2 Å². The van der Waals surface area contributed by atoms with E-state index < -0.39 is 45.2 Å². The third-order valence-electron chi connectivity index (χ3n) is 11.4. The van der Waals surface area contributed by atoms with E-state index in [1.807, 2.05) is 31.2 Å². The van der Waals surface area contributed by atoms with Gasteiger partial charge in [-0.15, -0.1) is 0 Å². The SMILES string of the molecule is Cc1cnc(Nc2ccc(N3CCN(CC(=O)NCCOCCOCCOCCNc4cccc5c4C(=O)N(C4CCC(=O)NC4=O)C5=O)CC3)cc2)nc1Nc1cccc(S(=O)(=O)NC(C)(C)C)c1. The zero-order valence-electron chi connectivity index (χ0n) is 39.8. The topological polar surface area (TPSA) is 255 Å². The lowest BCUT2D eigenvalue weighted by atomic mass is 10.0. The highest BCUT2D eigenvalue weighted by Crippen LogP contribution is 2.32. The van der Waals surface area contributed by atoms with Crippen LogP contribution in [0, 0.1) is 6.92 Å². The lowest BCUT2D eigenvalue weighted by molar-refractivity contribution is -0.136. The Kier molecular flexibility index (Phi) is 17.1. The van der Waals surface area contributed by atoms with Crippen LogP contribution in [0.5, 0.6) is 0 Å². The fraction of sp³-hybridized carbons (Fsp3) is 0.438. The average Bonchev–Trinajstić information content (AvgIpc) is 3.57. The number of piperazine rings is 1. The first-order valence-corrected chi connectivity index (χ1v) is 24.7. The van der Waals surface area contributed by atoms with Crippen LogP contribution in [0.25, 0.3) is 0 Å². The summed E-state index contributed by atoms with van der Waals surface area (Å²) in [5.41, 5.74) is 3.47. The van der Waals surface area contributed by atoms with E-state index >= 15 is 0 Å². The molecule has 0 radical (unpaired) electrons. The number of sulfonamides is 1. The normalized spacial score (nSPS) is 16.5. The van der Waals surface area contributed by atoms with Crippen LogP contribution >= 0.6 is 0 Å². The largest absolute Gasteiger partial charge is 0.382 e. The minimum Gasteiger partial charge on any atom is -0.382 e. The Morgan fingerprint density at radius 1 is 0.814 bits per heavy atom. The van der Waals surface area contributed by atoms with Gasteiger partial charge in [0.05, 0.1) is 62.2 Å². The van der Waals surface area contributed by atoms with Crippen LogP contribution in [0.2, 0.25) is 0 Å². The fourth-order valence-corrected chi connectivity index (χ4v) is 9.46. The Balaban J connectivity index is 0.717. The van der Waals surface area contributed by atoms with E-state index in [1.165, 1.54) is 0 Å². The standard InChI is InChI=1S/C48H61N11O10S/c1-32-30-51-47(55-43(32)52-34-7-5-8-36(29-34)70(65,66)56-48(2,3)4)53-33-11-13-35(14-12-33)58-21-19-57(20-22-58)31-41(61)50-18-24-68-26-28-69-27-25-67-23-17-49-38-10-6-9-37-42(38)46(64)59(45(37)63)39-15-16-40(60)54-44(39)62/h5-14,29-30,39,49,56H,15-28,31H2,1-4H3,(H,50,61)(H,54,60,62)(H2,51,52,53,55). The van der Waals surface area contributed by atoms with Crippen LogP contribution in [-0.4, -0.2) is 155 Å². The molecule has 0 bridgehead atoms. The van der Waals surface area contributed by atoms with Gasteiger partial charge in [0, 0.05) is 85.7 Å². The van der Waals surface area contributed by atoms with Crippen LogP contribution in [0.3, 0.4) is 0 Å². The van der Waals surface area contributed by atoms with Crippen molar-refractivity contribution in [2.24, 2.45) is 0 Å². The second kappa shape index (κ2) is 23.4. The fourth-order valence-electron chi connectivity index (χ4n) is 8.00. The molecule has 3 aliphatic heterocycles. The summed E-state index contributed by atoms with van der Waals surface area (Å²) in [6.07, 6.45) is 1.84. The molecule has 1 unspecified atom stereocenters. The van der Waals surface area contributed by atoms with Crippen molar-refractivity contribution in [1.82, 2.24) is 35.1 Å². The lowest BCUT2D eigenvalue weighted by Gasteiger charge is -2.35. The lowest BCUT2D eigenvalue weighted by Crippen LogP contribution is -2.54. The smallest absolute Gasteiger partial charge is 0.264 e. The highest BCUT2D eigenvalue weighted by molar-refractivity contribution is 7.89. The van der Waals surface area contributed by atoms with Crippen molar-refractivity contribution in [3.63, 3.8) is 0 Å². The number of piperidine rings is 1. The minimum atomic E-state index is -3.71. The molecule has 2 saturated heterocycles. The maximum atomic E-state index is 13.2. The molecule has 1 atom stereocenters. The molecule has 2 fully saturated rings. The molecular weight excluding hydrogens is 923 g/mol. The first-order valence-electron chi connectivity index (χ1n) is 23.2. The quantitative estimate of drug-likeness (QED) is 0.0461. The highest BCUT2D eigenvalue weighted by atomic mass is 32.2. The molecule has 374 valence electrons. The maximum absolute atomic E-state index is 13.2. The van der Waals surface area contributed by atoms with Crippen LogP contribution in [0.1, 0.15) is 59.9 Å². The second-order valence-electron chi connectivity index (χ2n) is 18.0. The van der Waals surface area contributed by atoms with E-state index in [2.05, 4.69) is 51.1 Å². The van der Waals surface area contributed by atoms with Crippen molar-refractivity contribution in [3.05, 3.63) is 89.6 Å². The van der Waals surface area contributed by atoms with E-state index in [0.717, 1.165) is 48.0 Å². The number of nitrogens with zero attached hydrogens (tertiary/aromatic N) is 5. The van der Waals surface area contributed by atoms with E-state index in [9.17, 15) is 32.4 Å². The van der Waals surface area contributed by atoms with Gasteiger partial charge in [-0.2, -0.15) is 4.98 Å². The molecule has 0 aliphatic carbocycles. The first-order chi connectivity index (χ1) is 33.5. The first kappa shape index (κ1) is 51.3. The molecule has 70 heavy (non-hydrogen) atoms. The molecule has 0 saturated carbocycles. The molecule has 22 heteroatoms. The Hall–Kier alpha value is -6.56. The highest BCUT2D eigenvalue weighted by Gasteiger charge is 2.45. The third kappa shape index (κ3) is 13.8. The van der Waals surface area contributed by atoms with Crippen LogP contribution in [0.15, 0.2) is 77.8 Å². The summed E-state index contributed by atoms with van der Waals surface area (Å²) in [6.45, 7) is 13.4. The zero-order chi connectivity index (χ0) is 49.8. The maximum Gasteiger partial charge on any atom is 0.264 e. The zero-order valence-corrected chi connectivity index (χ0v) is 40.7. The number of hydrogen-bond acceptors (Lipinski definition) is 17. The van der Waals surface area contributed by atoms with Gasteiger partial charge in [0.2, 0.25) is 33.7 Å². The number of imide groups is 2. The Morgan fingerprint density at radius 3 is 2.20 bits per heavy atom. The number of nitrogens with one attached hydrogen (secondary N) is 6. The molecule has 0 spiro atoms. The van der Waals surface area contributed by atoms with Gasteiger partial charge >= 0.3 is 0 Å². The Morgan fingerprint density at radius 2 is 1.50 bits per heavy atom. The number of ether oxygens (including phenoxy) is 3. The summed E-state index contributed by atoms with van der Waals surface area (Å²) in [7, 11) is -3.71. The molecule has 3 aliphatic rings. The van der Waals surface area contributed by atoms with Crippen molar-refractivity contribution in [2.75, 3.05) is 106 Å². The van der Waals surface area contributed by atoms with Gasteiger partial charge in [0.25, 0.3) is 11.8 Å². The molecule has 6 N–H and O–H groups in total. The number of benzene rings is 3. The number of carbonyl (C=O) groups excluding carboxylic acids is 5. The van der Waals surface area contributed by atoms with Gasteiger partial charge < -0.3 is 40.4 Å². The number of hydrogen-bond donors (Lipinski definition) is 6. The Labute approximate surface area is 407 Å². The molecule has 4 heterocycles. The van der Waals surface area contributed by atoms with Crippen molar-refractivity contribution in [2.45, 2.75) is 57.0 Å². The number of fused-ring (bicyclic) bond motifs is 1. The number of rotatable bonds is 23. The second-order valence-corrected chi connectivity index (χ2v) is 19.6. The van der Waals surface area contributed by atoms with Gasteiger partial charge in [-0.3, -0.25) is 39.1 Å². The molecule has 5 amide bonds. The third-order valence-corrected chi connectivity index (χ3v) is 13.1. The molecule has 4 aromatic rings.